The summed E-state index contributed by atoms with van der Waals surface area (Å²) in [6, 6.07) is 4.27. The van der Waals surface area contributed by atoms with Gasteiger partial charge in [0.05, 0.1) is 0 Å². The summed E-state index contributed by atoms with van der Waals surface area (Å²) in [6.45, 7) is 4.42. The first-order valence-electron chi connectivity index (χ1n) is 4.70. The minimum Gasteiger partial charge on any atom is -0.261 e. The predicted molar refractivity (Wildman–Crippen MR) is 50.1 cm³/mol. The van der Waals surface area contributed by atoms with Gasteiger partial charge >= 0.3 is 0 Å². The zero-order valence-corrected chi connectivity index (χ0v) is 7.75. The first-order valence-corrected chi connectivity index (χ1v) is 4.70. The molecule has 12 heavy (non-hydrogen) atoms. The van der Waals surface area contributed by atoms with Crippen LogP contribution >= 0.6 is 0 Å². The van der Waals surface area contributed by atoms with Gasteiger partial charge in [-0.2, -0.15) is 0 Å². The van der Waals surface area contributed by atoms with E-state index in [0.29, 0.717) is 5.92 Å². The lowest BCUT2D eigenvalue weighted by molar-refractivity contribution is 0.643. The average Bonchev–Trinajstić information content (AvgIpc) is 2.85. The van der Waals surface area contributed by atoms with E-state index in [4.69, 9.17) is 0 Å². The molecule has 0 aromatic carbocycles. The minimum atomic E-state index is 0.671. The lowest BCUT2D eigenvalue weighted by Crippen LogP contribution is -1.98. The largest absolute Gasteiger partial charge is 0.261 e. The topological polar surface area (TPSA) is 12.9 Å². The van der Waals surface area contributed by atoms with Gasteiger partial charge < -0.3 is 0 Å². The van der Waals surface area contributed by atoms with E-state index < -0.39 is 0 Å². The van der Waals surface area contributed by atoms with Gasteiger partial charge in [-0.25, -0.2) is 0 Å². The van der Waals surface area contributed by atoms with Crippen LogP contribution in [-0.2, 0) is 0 Å². The third-order valence-corrected chi connectivity index (χ3v) is 2.73. The van der Waals surface area contributed by atoms with Gasteiger partial charge in [0.2, 0.25) is 0 Å². The number of hydrogen-bond acceptors (Lipinski definition) is 1. The number of rotatable bonds is 2. The van der Waals surface area contributed by atoms with Crippen molar-refractivity contribution >= 4 is 0 Å². The molecule has 1 heterocycles. The number of aromatic nitrogens is 1. The Morgan fingerprint density at radius 3 is 2.83 bits per heavy atom. The van der Waals surface area contributed by atoms with Gasteiger partial charge in [-0.05, 0) is 43.4 Å². The van der Waals surface area contributed by atoms with Crippen LogP contribution in [0, 0.1) is 12.8 Å². The summed E-state index contributed by atoms with van der Waals surface area (Å²) < 4.78 is 0. The summed E-state index contributed by atoms with van der Waals surface area (Å²) in [5.41, 5.74) is 2.60. The molecule has 0 N–H and O–H groups in total. The molecule has 64 valence electrons. The SMILES string of the molecule is Cc1ccnc([C@@H](C)C2CC2)c1. The van der Waals surface area contributed by atoms with E-state index in [1.54, 1.807) is 0 Å². The Hall–Kier alpha value is -0.850. The smallest absolute Gasteiger partial charge is 0.0437 e. The van der Waals surface area contributed by atoms with Crippen LogP contribution in [0.2, 0.25) is 0 Å². The van der Waals surface area contributed by atoms with Crippen LogP contribution in [0.5, 0.6) is 0 Å². The Kier molecular flexibility index (Phi) is 1.87. The Balaban J connectivity index is 2.20. The summed E-state index contributed by atoms with van der Waals surface area (Å²) in [4.78, 5) is 4.40. The Labute approximate surface area is 73.8 Å². The van der Waals surface area contributed by atoms with E-state index in [-0.39, 0.29) is 0 Å². The first-order chi connectivity index (χ1) is 5.77. The Bertz CT molecular complexity index is 276. The molecular weight excluding hydrogens is 146 g/mol. The molecule has 0 saturated heterocycles. The zero-order valence-electron chi connectivity index (χ0n) is 7.75. The predicted octanol–water partition coefficient (Wildman–Crippen LogP) is 2.90. The lowest BCUT2D eigenvalue weighted by Gasteiger charge is -2.08. The van der Waals surface area contributed by atoms with Crippen molar-refractivity contribution in [3.63, 3.8) is 0 Å². The van der Waals surface area contributed by atoms with E-state index >= 15 is 0 Å². The fraction of sp³-hybridized carbons (Fsp3) is 0.545. The van der Waals surface area contributed by atoms with Crippen molar-refractivity contribution in [3.05, 3.63) is 29.6 Å². The molecule has 1 aliphatic carbocycles. The highest BCUT2D eigenvalue weighted by atomic mass is 14.7. The molecule has 1 heteroatoms. The van der Waals surface area contributed by atoms with Crippen molar-refractivity contribution in [2.24, 2.45) is 5.92 Å². The quantitative estimate of drug-likeness (QED) is 0.650. The molecule has 1 fully saturated rings. The van der Waals surface area contributed by atoms with Crippen LogP contribution in [0.25, 0.3) is 0 Å². The van der Waals surface area contributed by atoms with E-state index in [2.05, 4.69) is 31.0 Å². The van der Waals surface area contributed by atoms with E-state index in [1.165, 1.54) is 24.1 Å². The number of pyridine rings is 1. The number of hydrogen-bond donors (Lipinski definition) is 0. The second kappa shape index (κ2) is 2.89. The number of nitrogens with zero attached hydrogens (tertiary/aromatic N) is 1. The van der Waals surface area contributed by atoms with Crippen molar-refractivity contribution in [2.75, 3.05) is 0 Å². The van der Waals surface area contributed by atoms with Crippen molar-refractivity contribution < 1.29 is 0 Å². The van der Waals surface area contributed by atoms with Gasteiger partial charge in [0, 0.05) is 17.8 Å². The average molecular weight is 161 g/mol. The maximum absolute atomic E-state index is 4.40. The number of aryl methyl sites for hydroxylation is 1. The molecule has 2 rings (SSSR count). The standard InChI is InChI=1S/C11H15N/c1-8-5-6-12-11(7-8)9(2)10-3-4-10/h5-7,9-10H,3-4H2,1-2H3/t9-/m0/s1. The van der Waals surface area contributed by atoms with Crippen molar-refractivity contribution in [3.8, 4) is 0 Å². The highest BCUT2D eigenvalue weighted by molar-refractivity contribution is 5.18. The molecule has 1 aromatic heterocycles. The molecule has 0 radical (unpaired) electrons. The van der Waals surface area contributed by atoms with E-state index in [1.807, 2.05) is 6.20 Å². The fourth-order valence-corrected chi connectivity index (χ4v) is 1.65. The van der Waals surface area contributed by atoms with Crippen molar-refractivity contribution in [2.45, 2.75) is 32.6 Å². The molecule has 0 spiro atoms. The molecule has 0 aliphatic heterocycles. The second-order valence-corrected chi connectivity index (χ2v) is 3.88. The molecule has 0 unspecified atom stereocenters. The highest BCUT2D eigenvalue weighted by Crippen LogP contribution is 2.41. The van der Waals surface area contributed by atoms with Gasteiger partial charge in [0.15, 0.2) is 0 Å². The van der Waals surface area contributed by atoms with Gasteiger partial charge in [-0.15, -0.1) is 0 Å². The molecule has 1 nitrogen and oxygen atoms in total. The maximum Gasteiger partial charge on any atom is 0.0437 e. The van der Waals surface area contributed by atoms with E-state index in [0.717, 1.165) is 5.92 Å². The molecular formula is C11H15N. The molecule has 1 aromatic rings. The molecule has 1 saturated carbocycles. The molecule has 1 atom stereocenters. The van der Waals surface area contributed by atoms with Crippen molar-refractivity contribution in [1.29, 1.82) is 0 Å². The highest BCUT2D eigenvalue weighted by Gasteiger charge is 2.29. The van der Waals surface area contributed by atoms with Crippen LogP contribution < -0.4 is 0 Å². The van der Waals surface area contributed by atoms with Crippen LogP contribution in [0.1, 0.15) is 36.9 Å². The van der Waals surface area contributed by atoms with Gasteiger partial charge in [0.25, 0.3) is 0 Å². The van der Waals surface area contributed by atoms with Crippen LogP contribution in [-0.4, -0.2) is 4.98 Å². The Morgan fingerprint density at radius 2 is 2.25 bits per heavy atom. The molecule has 1 aliphatic rings. The minimum absolute atomic E-state index is 0.671. The van der Waals surface area contributed by atoms with Gasteiger partial charge in [-0.1, -0.05) is 6.92 Å². The van der Waals surface area contributed by atoms with Crippen molar-refractivity contribution in [1.82, 2.24) is 4.98 Å². The third-order valence-electron chi connectivity index (χ3n) is 2.73. The van der Waals surface area contributed by atoms with Crippen LogP contribution in [0.3, 0.4) is 0 Å². The fourth-order valence-electron chi connectivity index (χ4n) is 1.65. The zero-order chi connectivity index (χ0) is 8.55. The monoisotopic (exact) mass is 161 g/mol. The first kappa shape index (κ1) is 7.78. The second-order valence-electron chi connectivity index (χ2n) is 3.88. The summed E-state index contributed by atoms with van der Waals surface area (Å²) in [7, 11) is 0. The van der Waals surface area contributed by atoms with Gasteiger partial charge in [0.1, 0.15) is 0 Å². The maximum atomic E-state index is 4.40. The third kappa shape index (κ3) is 1.50. The summed E-state index contributed by atoms with van der Waals surface area (Å²) >= 11 is 0. The van der Waals surface area contributed by atoms with E-state index in [9.17, 15) is 0 Å². The van der Waals surface area contributed by atoms with Crippen LogP contribution in [0.15, 0.2) is 18.3 Å². The lowest BCUT2D eigenvalue weighted by atomic mass is 10.0. The Morgan fingerprint density at radius 1 is 1.50 bits per heavy atom. The molecule has 0 amide bonds. The van der Waals surface area contributed by atoms with Gasteiger partial charge in [-0.3, -0.25) is 4.98 Å². The summed E-state index contributed by atoms with van der Waals surface area (Å²) in [6.07, 6.45) is 4.72. The molecule has 0 bridgehead atoms. The normalized spacial score (nSPS) is 19.2. The van der Waals surface area contributed by atoms with Crippen LogP contribution in [0.4, 0.5) is 0 Å². The summed E-state index contributed by atoms with van der Waals surface area (Å²) in [5.74, 6) is 1.59. The summed E-state index contributed by atoms with van der Waals surface area (Å²) in [5, 5.41) is 0.